The van der Waals surface area contributed by atoms with Gasteiger partial charge >= 0.3 is 0 Å². The van der Waals surface area contributed by atoms with Gasteiger partial charge in [0.2, 0.25) is 5.91 Å². The number of aromatic nitrogens is 2. The highest BCUT2D eigenvalue weighted by molar-refractivity contribution is 7.09. The van der Waals surface area contributed by atoms with Gasteiger partial charge in [0.1, 0.15) is 0 Å². The molecule has 0 fully saturated rings. The first-order chi connectivity index (χ1) is 14.2. The van der Waals surface area contributed by atoms with E-state index in [0.717, 1.165) is 39.2 Å². The molecule has 6 heteroatoms. The van der Waals surface area contributed by atoms with E-state index in [1.54, 1.807) is 11.3 Å². The summed E-state index contributed by atoms with van der Waals surface area (Å²) in [6, 6.07) is 16.0. The van der Waals surface area contributed by atoms with E-state index >= 15 is 0 Å². The van der Waals surface area contributed by atoms with Crippen LogP contribution in [-0.2, 0) is 17.6 Å². The first kappa shape index (κ1) is 19.7. The van der Waals surface area contributed by atoms with E-state index in [1.165, 1.54) is 0 Å². The Balaban J connectivity index is 1.58. The third-order valence-corrected chi connectivity index (χ3v) is 6.41. The van der Waals surface area contributed by atoms with Crippen LogP contribution < -0.4 is 5.32 Å². The second-order valence-electron chi connectivity index (χ2n) is 6.93. The number of rotatable bonds is 7. The number of aromatic amines is 1. The van der Waals surface area contributed by atoms with Crippen molar-refractivity contribution in [3.8, 4) is 0 Å². The van der Waals surface area contributed by atoms with Gasteiger partial charge in [-0.25, -0.2) is 4.98 Å². The number of carbonyl (C=O) groups excluding carboxylic acids is 1. The summed E-state index contributed by atoms with van der Waals surface area (Å²) >= 11 is 8.12. The normalized spacial score (nSPS) is 12.2. The molecule has 2 aromatic carbocycles. The van der Waals surface area contributed by atoms with Crippen molar-refractivity contribution < 1.29 is 4.79 Å². The quantitative estimate of drug-likeness (QED) is 0.422. The maximum Gasteiger partial charge on any atom is 0.226 e. The van der Waals surface area contributed by atoms with Crippen molar-refractivity contribution in [1.29, 1.82) is 0 Å². The third kappa shape index (κ3) is 4.36. The fourth-order valence-corrected chi connectivity index (χ4v) is 4.57. The molecule has 2 N–H and O–H groups in total. The van der Waals surface area contributed by atoms with E-state index in [9.17, 15) is 4.79 Å². The minimum Gasteiger partial charge on any atom is -0.361 e. The minimum absolute atomic E-state index is 0.0325. The van der Waals surface area contributed by atoms with Crippen LogP contribution in [0.1, 0.15) is 34.7 Å². The molecule has 0 saturated carbocycles. The predicted octanol–water partition coefficient (Wildman–Crippen LogP) is 5.33. The second-order valence-corrected chi connectivity index (χ2v) is 8.28. The Morgan fingerprint density at radius 2 is 1.97 bits per heavy atom. The van der Waals surface area contributed by atoms with Crippen molar-refractivity contribution in [2.24, 2.45) is 0 Å². The van der Waals surface area contributed by atoms with Crippen LogP contribution in [0.5, 0.6) is 0 Å². The van der Waals surface area contributed by atoms with Crippen LogP contribution in [0, 0.1) is 0 Å². The molecule has 0 spiro atoms. The summed E-state index contributed by atoms with van der Waals surface area (Å²) in [6.07, 6.45) is 3.19. The summed E-state index contributed by atoms with van der Waals surface area (Å²) in [5.41, 5.74) is 4.02. The number of thiazole rings is 1. The number of carbonyl (C=O) groups is 1. The first-order valence-electron chi connectivity index (χ1n) is 9.66. The average Bonchev–Trinajstić information content (AvgIpc) is 3.36. The lowest BCUT2D eigenvalue weighted by atomic mass is 9.90. The fourth-order valence-electron chi connectivity index (χ4n) is 3.56. The van der Waals surface area contributed by atoms with Gasteiger partial charge in [0.25, 0.3) is 0 Å². The van der Waals surface area contributed by atoms with E-state index in [-0.39, 0.29) is 11.8 Å². The largest absolute Gasteiger partial charge is 0.361 e. The van der Waals surface area contributed by atoms with Crippen LogP contribution in [0.2, 0.25) is 5.02 Å². The lowest BCUT2D eigenvalue weighted by Crippen LogP contribution is -2.30. The number of amides is 1. The molecule has 1 amide bonds. The molecule has 1 unspecified atom stereocenters. The number of H-pyrrole nitrogens is 1. The predicted molar refractivity (Wildman–Crippen MR) is 120 cm³/mol. The Labute approximate surface area is 179 Å². The minimum atomic E-state index is -0.0505. The Morgan fingerprint density at radius 3 is 2.76 bits per heavy atom. The molecule has 148 valence electrons. The molecule has 2 aromatic heterocycles. The summed E-state index contributed by atoms with van der Waals surface area (Å²) in [6.45, 7) is 2.53. The van der Waals surface area contributed by atoms with E-state index in [0.29, 0.717) is 18.0 Å². The van der Waals surface area contributed by atoms with Crippen molar-refractivity contribution in [1.82, 2.24) is 15.3 Å². The molecule has 0 aliphatic carbocycles. The summed E-state index contributed by atoms with van der Waals surface area (Å²) in [5, 5.41) is 7.94. The molecule has 0 aliphatic heterocycles. The number of halogens is 1. The summed E-state index contributed by atoms with van der Waals surface area (Å²) < 4.78 is 0. The zero-order valence-corrected chi connectivity index (χ0v) is 17.7. The van der Waals surface area contributed by atoms with Crippen LogP contribution in [0.15, 0.2) is 60.1 Å². The number of benzene rings is 2. The molecule has 4 aromatic rings. The molecule has 29 heavy (non-hydrogen) atoms. The van der Waals surface area contributed by atoms with Gasteiger partial charge in [-0.15, -0.1) is 11.3 Å². The van der Waals surface area contributed by atoms with Gasteiger partial charge in [0.15, 0.2) is 0 Å². The van der Waals surface area contributed by atoms with E-state index in [2.05, 4.69) is 34.3 Å². The van der Waals surface area contributed by atoms with Gasteiger partial charge in [0.05, 0.1) is 17.1 Å². The standard InChI is InChI=1S/C23H22ClN3OS/c1-2-23-27-15(14-29-23)11-22(28)26-13-18(16-7-3-5-9-20(16)24)19-12-25-21-10-6-4-8-17(19)21/h3-10,12,14,18,25H,2,11,13H2,1H3,(H,26,28). The molecule has 2 heterocycles. The maximum atomic E-state index is 12.6. The Bertz CT molecular complexity index is 1130. The second kappa shape index (κ2) is 8.80. The summed E-state index contributed by atoms with van der Waals surface area (Å²) in [5.74, 6) is -0.0831. The van der Waals surface area contributed by atoms with E-state index in [1.807, 2.05) is 48.0 Å². The Hall–Kier alpha value is -2.63. The van der Waals surface area contributed by atoms with Crippen molar-refractivity contribution in [3.63, 3.8) is 0 Å². The smallest absolute Gasteiger partial charge is 0.226 e. The topological polar surface area (TPSA) is 57.8 Å². The molecule has 0 saturated heterocycles. The summed E-state index contributed by atoms with van der Waals surface area (Å²) in [7, 11) is 0. The van der Waals surface area contributed by atoms with Crippen LogP contribution >= 0.6 is 22.9 Å². The third-order valence-electron chi connectivity index (χ3n) is 5.02. The number of hydrogen-bond donors (Lipinski definition) is 2. The van der Waals surface area contributed by atoms with Gasteiger partial charge in [-0.2, -0.15) is 0 Å². The van der Waals surface area contributed by atoms with Crippen LogP contribution in [0.4, 0.5) is 0 Å². The van der Waals surface area contributed by atoms with Gasteiger partial charge in [0, 0.05) is 40.0 Å². The number of aryl methyl sites for hydroxylation is 1. The van der Waals surface area contributed by atoms with Crippen molar-refractivity contribution in [2.75, 3.05) is 6.54 Å². The lowest BCUT2D eigenvalue weighted by Gasteiger charge is -2.19. The molecular formula is C23H22ClN3OS. The lowest BCUT2D eigenvalue weighted by molar-refractivity contribution is -0.120. The molecule has 4 nitrogen and oxygen atoms in total. The average molecular weight is 424 g/mol. The van der Waals surface area contributed by atoms with E-state index < -0.39 is 0 Å². The van der Waals surface area contributed by atoms with Crippen molar-refractivity contribution >= 4 is 39.7 Å². The van der Waals surface area contributed by atoms with Crippen molar-refractivity contribution in [2.45, 2.75) is 25.7 Å². The highest BCUT2D eigenvalue weighted by Gasteiger charge is 2.21. The molecule has 0 aliphatic rings. The van der Waals surface area contributed by atoms with Crippen LogP contribution in [0.3, 0.4) is 0 Å². The number of para-hydroxylation sites is 1. The van der Waals surface area contributed by atoms with Crippen molar-refractivity contribution in [3.05, 3.63) is 87.0 Å². The highest BCUT2D eigenvalue weighted by atomic mass is 35.5. The highest BCUT2D eigenvalue weighted by Crippen LogP contribution is 2.34. The van der Waals surface area contributed by atoms with Gasteiger partial charge in [-0.1, -0.05) is 54.9 Å². The van der Waals surface area contributed by atoms with Crippen LogP contribution in [0.25, 0.3) is 10.9 Å². The first-order valence-corrected chi connectivity index (χ1v) is 10.9. The molecule has 1 atom stereocenters. The Kier molecular flexibility index (Phi) is 5.97. The SMILES string of the molecule is CCc1nc(CC(=O)NCC(c2ccccc2Cl)c2c[nH]c3ccccc23)cs1. The fraction of sp³-hybridized carbons (Fsp3) is 0.217. The number of hydrogen-bond acceptors (Lipinski definition) is 3. The van der Waals surface area contributed by atoms with Crippen LogP contribution in [-0.4, -0.2) is 22.4 Å². The maximum absolute atomic E-state index is 12.6. The number of fused-ring (bicyclic) bond motifs is 1. The molecular weight excluding hydrogens is 402 g/mol. The number of nitrogens with zero attached hydrogens (tertiary/aromatic N) is 1. The monoisotopic (exact) mass is 423 g/mol. The number of nitrogens with one attached hydrogen (secondary N) is 2. The van der Waals surface area contributed by atoms with E-state index in [4.69, 9.17) is 11.6 Å². The summed E-state index contributed by atoms with van der Waals surface area (Å²) in [4.78, 5) is 20.4. The van der Waals surface area contributed by atoms with Gasteiger partial charge in [-0.3, -0.25) is 4.79 Å². The Morgan fingerprint density at radius 1 is 1.17 bits per heavy atom. The van der Waals surface area contributed by atoms with Gasteiger partial charge < -0.3 is 10.3 Å². The zero-order valence-electron chi connectivity index (χ0n) is 16.1. The zero-order chi connectivity index (χ0) is 20.2. The molecule has 0 radical (unpaired) electrons. The van der Waals surface area contributed by atoms with Gasteiger partial charge in [-0.05, 0) is 29.7 Å². The molecule has 4 rings (SSSR count). The molecule has 0 bridgehead atoms.